The van der Waals surface area contributed by atoms with Gasteiger partial charge in [-0.3, -0.25) is 15.5 Å². The summed E-state index contributed by atoms with van der Waals surface area (Å²) in [6.07, 6.45) is 1.53. The van der Waals surface area contributed by atoms with E-state index in [1.807, 2.05) is 5.38 Å². The van der Waals surface area contributed by atoms with Crippen LogP contribution in [-0.2, 0) is 0 Å². The molecule has 2 aromatic carbocycles. The molecule has 0 saturated heterocycles. The Labute approximate surface area is 149 Å². The largest absolute Gasteiger partial charge is 0.270 e. The Morgan fingerprint density at radius 1 is 1.24 bits per heavy atom. The molecular formula is C18H16N4O2S. The number of anilines is 1. The summed E-state index contributed by atoms with van der Waals surface area (Å²) in [5, 5.41) is 17.5. The highest BCUT2D eigenvalue weighted by molar-refractivity contribution is 7.14. The van der Waals surface area contributed by atoms with Gasteiger partial charge in [-0.15, -0.1) is 11.3 Å². The lowest BCUT2D eigenvalue weighted by molar-refractivity contribution is -0.384. The van der Waals surface area contributed by atoms with E-state index >= 15 is 0 Å². The predicted molar refractivity (Wildman–Crippen MR) is 101 cm³/mol. The van der Waals surface area contributed by atoms with Crippen LogP contribution in [0.2, 0.25) is 0 Å². The van der Waals surface area contributed by atoms with Crippen LogP contribution in [0.25, 0.3) is 11.3 Å². The van der Waals surface area contributed by atoms with Gasteiger partial charge in [0.25, 0.3) is 5.69 Å². The highest BCUT2D eigenvalue weighted by atomic mass is 32.1. The van der Waals surface area contributed by atoms with Gasteiger partial charge in [0.05, 0.1) is 16.8 Å². The number of aromatic nitrogens is 1. The van der Waals surface area contributed by atoms with Crippen molar-refractivity contribution in [2.75, 3.05) is 5.43 Å². The Balaban J connectivity index is 1.71. The standard InChI is InChI=1S/C18H16N4O2S/c1-12-6-7-16(13(2)8-12)17-11-25-18(20-17)21-19-10-14-4-3-5-15(9-14)22(23)24/h3-11H,1-2H3,(H,20,21). The summed E-state index contributed by atoms with van der Waals surface area (Å²) in [7, 11) is 0. The van der Waals surface area contributed by atoms with E-state index in [9.17, 15) is 10.1 Å². The number of hydrogen-bond acceptors (Lipinski definition) is 6. The second-order valence-electron chi connectivity index (χ2n) is 5.58. The number of nitro benzene ring substituents is 1. The van der Waals surface area contributed by atoms with Gasteiger partial charge in [-0.1, -0.05) is 35.9 Å². The van der Waals surface area contributed by atoms with Crippen LogP contribution in [0.1, 0.15) is 16.7 Å². The SMILES string of the molecule is Cc1ccc(-c2csc(NN=Cc3cccc([N+](=O)[O-])c3)n2)c(C)c1. The Bertz CT molecular complexity index is 950. The number of hydrazone groups is 1. The maximum absolute atomic E-state index is 10.8. The van der Waals surface area contributed by atoms with Crippen LogP contribution in [-0.4, -0.2) is 16.1 Å². The Kier molecular flexibility index (Phi) is 4.85. The van der Waals surface area contributed by atoms with Crippen molar-refractivity contribution in [3.05, 3.63) is 74.6 Å². The summed E-state index contributed by atoms with van der Waals surface area (Å²) < 4.78 is 0. The first-order chi connectivity index (χ1) is 12.0. The van der Waals surface area contributed by atoms with E-state index in [1.54, 1.807) is 12.1 Å². The minimum atomic E-state index is -0.429. The zero-order chi connectivity index (χ0) is 17.8. The van der Waals surface area contributed by atoms with Crippen molar-refractivity contribution < 1.29 is 4.92 Å². The molecule has 0 aliphatic heterocycles. The zero-order valence-electron chi connectivity index (χ0n) is 13.8. The van der Waals surface area contributed by atoms with Gasteiger partial charge < -0.3 is 0 Å². The number of nitrogens with one attached hydrogen (secondary N) is 1. The minimum Gasteiger partial charge on any atom is -0.258 e. The average Bonchev–Trinajstić information content (AvgIpc) is 3.03. The van der Waals surface area contributed by atoms with Gasteiger partial charge in [-0.25, -0.2) is 4.98 Å². The number of aryl methyl sites for hydroxylation is 2. The zero-order valence-corrected chi connectivity index (χ0v) is 14.6. The second kappa shape index (κ2) is 7.23. The molecule has 25 heavy (non-hydrogen) atoms. The van der Waals surface area contributed by atoms with Crippen LogP contribution in [0.15, 0.2) is 52.9 Å². The number of hydrogen-bond donors (Lipinski definition) is 1. The molecular weight excluding hydrogens is 336 g/mol. The molecule has 1 N–H and O–H groups in total. The lowest BCUT2D eigenvalue weighted by Crippen LogP contribution is -1.92. The normalized spacial score (nSPS) is 11.0. The van der Waals surface area contributed by atoms with Gasteiger partial charge in [0.1, 0.15) is 0 Å². The lowest BCUT2D eigenvalue weighted by Gasteiger charge is -2.03. The number of non-ortho nitro benzene ring substituents is 1. The van der Waals surface area contributed by atoms with Crippen LogP contribution >= 0.6 is 11.3 Å². The molecule has 0 atom stereocenters. The van der Waals surface area contributed by atoms with Crippen LogP contribution in [0.3, 0.4) is 0 Å². The Morgan fingerprint density at radius 2 is 2.08 bits per heavy atom. The van der Waals surface area contributed by atoms with Gasteiger partial charge in [-0.05, 0) is 19.4 Å². The second-order valence-corrected chi connectivity index (χ2v) is 6.44. The van der Waals surface area contributed by atoms with Crippen molar-refractivity contribution in [2.45, 2.75) is 13.8 Å². The predicted octanol–water partition coefficient (Wildman–Crippen LogP) is 4.78. The summed E-state index contributed by atoms with van der Waals surface area (Å²) in [4.78, 5) is 14.9. The van der Waals surface area contributed by atoms with Gasteiger partial charge in [0, 0.05) is 28.6 Å². The van der Waals surface area contributed by atoms with Crippen molar-refractivity contribution in [3.63, 3.8) is 0 Å². The number of nitrogens with zero attached hydrogens (tertiary/aromatic N) is 3. The molecule has 0 spiro atoms. The molecule has 7 heteroatoms. The molecule has 0 unspecified atom stereocenters. The molecule has 6 nitrogen and oxygen atoms in total. The van der Waals surface area contributed by atoms with E-state index in [0.29, 0.717) is 10.7 Å². The quantitative estimate of drug-likeness (QED) is 0.407. The first-order valence-corrected chi connectivity index (χ1v) is 8.47. The van der Waals surface area contributed by atoms with Gasteiger partial charge in [0.2, 0.25) is 5.13 Å². The number of benzene rings is 2. The maximum Gasteiger partial charge on any atom is 0.270 e. The van der Waals surface area contributed by atoms with E-state index in [-0.39, 0.29) is 5.69 Å². The van der Waals surface area contributed by atoms with Crippen molar-refractivity contribution in [3.8, 4) is 11.3 Å². The Morgan fingerprint density at radius 3 is 2.84 bits per heavy atom. The minimum absolute atomic E-state index is 0.0373. The maximum atomic E-state index is 10.8. The molecule has 0 aliphatic carbocycles. The van der Waals surface area contributed by atoms with Crippen LogP contribution in [0, 0.1) is 24.0 Å². The number of rotatable bonds is 5. The van der Waals surface area contributed by atoms with E-state index < -0.39 is 4.92 Å². The van der Waals surface area contributed by atoms with Crippen molar-refractivity contribution >= 4 is 28.4 Å². The molecule has 1 aromatic heterocycles. The molecule has 0 bridgehead atoms. The van der Waals surface area contributed by atoms with E-state index in [0.717, 1.165) is 11.3 Å². The van der Waals surface area contributed by atoms with Crippen molar-refractivity contribution in [1.29, 1.82) is 0 Å². The van der Waals surface area contributed by atoms with Crippen LogP contribution in [0.5, 0.6) is 0 Å². The fraction of sp³-hybridized carbons (Fsp3) is 0.111. The molecule has 3 aromatic rings. The molecule has 1 heterocycles. The number of thiazole rings is 1. The van der Waals surface area contributed by atoms with E-state index in [4.69, 9.17) is 0 Å². The third kappa shape index (κ3) is 4.07. The summed E-state index contributed by atoms with van der Waals surface area (Å²) in [6, 6.07) is 12.5. The van der Waals surface area contributed by atoms with Crippen molar-refractivity contribution in [2.24, 2.45) is 5.10 Å². The molecule has 3 rings (SSSR count). The van der Waals surface area contributed by atoms with E-state index in [2.05, 4.69) is 47.6 Å². The lowest BCUT2D eigenvalue weighted by atomic mass is 10.0. The molecule has 126 valence electrons. The van der Waals surface area contributed by atoms with Crippen molar-refractivity contribution in [1.82, 2.24) is 4.98 Å². The highest BCUT2D eigenvalue weighted by Gasteiger charge is 2.07. The average molecular weight is 352 g/mol. The Hall–Kier alpha value is -3.06. The number of nitro groups is 1. The summed E-state index contributed by atoms with van der Waals surface area (Å²) in [5.41, 5.74) is 7.94. The molecule has 0 amide bonds. The van der Waals surface area contributed by atoms with E-state index in [1.165, 1.54) is 40.8 Å². The van der Waals surface area contributed by atoms with Crippen LogP contribution < -0.4 is 5.43 Å². The van der Waals surface area contributed by atoms with Gasteiger partial charge in [-0.2, -0.15) is 5.10 Å². The fourth-order valence-corrected chi connectivity index (χ4v) is 3.09. The first kappa shape index (κ1) is 16.8. The third-order valence-electron chi connectivity index (χ3n) is 3.62. The smallest absolute Gasteiger partial charge is 0.258 e. The monoisotopic (exact) mass is 352 g/mol. The molecule has 0 aliphatic rings. The van der Waals surface area contributed by atoms with Gasteiger partial charge >= 0.3 is 0 Å². The van der Waals surface area contributed by atoms with Crippen LogP contribution in [0.4, 0.5) is 10.8 Å². The first-order valence-electron chi connectivity index (χ1n) is 7.59. The fourth-order valence-electron chi connectivity index (χ4n) is 2.43. The summed E-state index contributed by atoms with van der Waals surface area (Å²) in [6.45, 7) is 4.13. The topological polar surface area (TPSA) is 80.4 Å². The molecule has 0 saturated carbocycles. The third-order valence-corrected chi connectivity index (χ3v) is 4.36. The summed E-state index contributed by atoms with van der Waals surface area (Å²) in [5.74, 6) is 0. The molecule has 0 radical (unpaired) electrons. The summed E-state index contributed by atoms with van der Waals surface area (Å²) >= 11 is 1.46. The van der Waals surface area contributed by atoms with Gasteiger partial charge in [0.15, 0.2) is 0 Å². The highest BCUT2D eigenvalue weighted by Crippen LogP contribution is 2.27. The molecule has 0 fully saturated rings.